The third-order valence-corrected chi connectivity index (χ3v) is 4.87. The first-order valence-electron chi connectivity index (χ1n) is 7.15. The first kappa shape index (κ1) is 11.1. The lowest BCUT2D eigenvalue weighted by molar-refractivity contribution is 0.226. The summed E-state index contributed by atoms with van der Waals surface area (Å²) in [5, 5.41) is 15.9. The fourth-order valence-corrected chi connectivity index (χ4v) is 3.64. The van der Waals surface area contributed by atoms with Crippen LogP contribution in [0.3, 0.4) is 0 Å². The van der Waals surface area contributed by atoms with Crippen LogP contribution in [-0.2, 0) is 0 Å². The maximum Gasteiger partial charge on any atom is 0.200 e. The molecule has 4 rings (SSSR count). The van der Waals surface area contributed by atoms with Crippen molar-refractivity contribution in [2.24, 2.45) is 5.41 Å². The highest BCUT2D eigenvalue weighted by Crippen LogP contribution is 2.46. The van der Waals surface area contributed by atoms with E-state index in [4.69, 9.17) is 0 Å². The molecule has 1 aliphatic heterocycles. The van der Waals surface area contributed by atoms with Gasteiger partial charge in [-0.15, -0.1) is 14.8 Å². The van der Waals surface area contributed by atoms with E-state index in [1.807, 2.05) is 12.1 Å². The Labute approximate surface area is 111 Å². The van der Waals surface area contributed by atoms with Gasteiger partial charge in [-0.25, -0.2) is 0 Å². The lowest BCUT2D eigenvalue weighted by atomic mass is 9.77. The number of aromatic nitrogens is 5. The van der Waals surface area contributed by atoms with Gasteiger partial charge in [-0.05, 0) is 53.7 Å². The summed E-state index contributed by atoms with van der Waals surface area (Å²) < 4.78 is 1.51. The SMILES string of the molecule is c1cc2nnnn2nc1N1CCC2(CCCC2)CC1. The minimum atomic E-state index is 0.648. The molecule has 2 aliphatic rings. The molecule has 1 saturated heterocycles. The molecule has 6 nitrogen and oxygen atoms in total. The van der Waals surface area contributed by atoms with Crippen molar-refractivity contribution in [2.75, 3.05) is 18.0 Å². The molecule has 1 spiro atoms. The predicted octanol–water partition coefficient (Wildman–Crippen LogP) is 1.68. The molecule has 0 bridgehead atoms. The second kappa shape index (κ2) is 4.15. The van der Waals surface area contributed by atoms with Gasteiger partial charge < -0.3 is 4.90 Å². The maximum absolute atomic E-state index is 4.48. The predicted molar refractivity (Wildman–Crippen MR) is 70.9 cm³/mol. The number of rotatable bonds is 1. The van der Waals surface area contributed by atoms with Gasteiger partial charge in [0.1, 0.15) is 0 Å². The Morgan fingerprint density at radius 2 is 1.79 bits per heavy atom. The van der Waals surface area contributed by atoms with Crippen LogP contribution in [0.15, 0.2) is 12.1 Å². The molecule has 0 atom stereocenters. The van der Waals surface area contributed by atoms with Crippen molar-refractivity contribution >= 4 is 11.5 Å². The summed E-state index contributed by atoms with van der Waals surface area (Å²) in [7, 11) is 0. The van der Waals surface area contributed by atoms with Crippen LogP contribution in [0.25, 0.3) is 5.65 Å². The van der Waals surface area contributed by atoms with Crippen LogP contribution < -0.4 is 4.90 Å². The molecule has 0 radical (unpaired) electrons. The summed E-state index contributed by atoms with van der Waals surface area (Å²) >= 11 is 0. The van der Waals surface area contributed by atoms with E-state index in [-0.39, 0.29) is 0 Å². The van der Waals surface area contributed by atoms with E-state index < -0.39 is 0 Å². The zero-order chi connectivity index (χ0) is 12.7. The highest BCUT2D eigenvalue weighted by atomic mass is 15.6. The van der Waals surface area contributed by atoms with E-state index in [0.29, 0.717) is 11.1 Å². The number of hydrogen-bond donors (Lipinski definition) is 0. The lowest BCUT2D eigenvalue weighted by Crippen LogP contribution is -2.39. The molecule has 3 heterocycles. The van der Waals surface area contributed by atoms with Gasteiger partial charge in [0.25, 0.3) is 0 Å². The van der Waals surface area contributed by atoms with Gasteiger partial charge >= 0.3 is 0 Å². The lowest BCUT2D eigenvalue weighted by Gasteiger charge is -2.39. The van der Waals surface area contributed by atoms with Crippen LogP contribution in [0.1, 0.15) is 38.5 Å². The number of tetrazole rings is 1. The standard InChI is InChI=1S/C13H18N6/c1-2-6-13(5-1)7-9-18(10-8-13)12-4-3-11-14-16-17-19(11)15-12/h3-4H,1-2,5-10H2. The quantitative estimate of drug-likeness (QED) is 0.779. The zero-order valence-electron chi connectivity index (χ0n) is 11.0. The molecule has 6 heteroatoms. The average Bonchev–Trinajstić information content (AvgIpc) is 3.08. The summed E-state index contributed by atoms with van der Waals surface area (Å²) in [6, 6.07) is 3.96. The van der Waals surface area contributed by atoms with E-state index in [2.05, 4.69) is 25.5 Å². The van der Waals surface area contributed by atoms with E-state index in [9.17, 15) is 0 Å². The third-order valence-electron chi connectivity index (χ3n) is 4.87. The molecule has 2 aromatic heterocycles. The Kier molecular flexibility index (Phi) is 2.43. The summed E-state index contributed by atoms with van der Waals surface area (Å²) in [6.45, 7) is 2.22. The van der Waals surface area contributed by atoms with Gasteiger partial charge in [0.05, 0.1) is 0 Å². The van der Waals surface area contributed by atoms with E-state index in [1.165, 1.54) is 43.2 Å². The van der Waals surface area contributed by atoms with Crippen LogP contribution in [0.2, 0.25) is 0 Å². The second-order valence-electron chi connectivity index (χ2n) is 5.91. The van der Waals surface area contributed by atoms with Gasteiger partial charge in [-0.1, -0.05) is 12.8 Å². The first-order valence-corrected chi connectivity index (χ1v) is 7.15. The Hall–Kier alpha value is -1.72. The molecule has 2 fully saturated rings. The largest absolute Gasteiger partial charge is 0.355 e. The van der Waals surface area contributed by atoms with Gasteiger partial charge in [0, 0.05) is 13.1 Å². The van der Waals surface area contributed by atoms with E-state index >= 15 is 0 Å². The summed E-state index contributed by atoms with van der Waals surface area (Å²) in [5.41, 5.74) is 1.35. The van der Waals surface area contributed by atoms with Crippen molar-refractivity contribution in [3.05, 3.63) is 12.1 Å². The molecule has 1 saturated carbocycles. The van der Waals surface area contributed by atoms with Crippen LogP contribution in [0.4, 0.5) is 5.82 Å². The molecular weight excluding hydrogens is 240 g/mol. The summed E-state index contributed by atoms with van der Waals surface area (Å²) in [4.78, 5) is 2.37. The molecule has 0 unspecified atom stereocenters. The molecular formula is C13H18N6. The van der Waals surface area contributed by atoms with Crippen molar-refractivity contribution in [2.45, 2.75) is 38.5 Å². The highest BCUT2D eigenvalue weighted by molar-refractivity contribution is 5.44. The number of anilines is 1. The average molecular weight is 258 g/mol. The van der Waals surface area contributed by atoms with Crippen molar-refractivity contribution < 1.29 is 0 Å². The zero-order valence-corrected chi connectivity index (χ0v) is 11.0. The normalized spacial score (nSPS) is 22.4. The summed E-state index contributed by atoms with van der Waals surface area (Å²) in [6.07, 6.45) is 8.33. The smallest absolute Gasteiger partial charge is 0.200 e. The molecule has 0 N–H and O–H groups in total. The van der Waals surface area contributed by atoms with Crippen molar-refractivity contribution in [3.8, 4) is 0 Å². The van der Waals surface area contributed by atoms with Gasteiger partial charge in [-0.3, -0.25) is 0 Å². The van der Waals surface area contributed by atoms with Gasteiger partial charge in [-0.2, -0.15) is 0 Å². The minimum absolute atomic E-state index is 0.648. The number of nitrogens with zero attached hydrogens (tertiary/aromatic N) is 6. The Balaban J connectivity index is 1.54. The molecule has 2 aromatic rings. The van der Waals surface area contributed by atoms with Crippen molar-refractivity contribution in [3.63, 3.8) is 0 Å². The van der Waals surface area contributed by atoms with E-state index in [1.54, 1.807) is 0 Å². The molecule has 1 aliphatic carbocycles. The van der Waals surface area contributed by atoms with Crippen molar-refractivity contribution in [1.82, 2.24) is 25.3 Å². The van der Waals surface area contributed by atoms with Gasteiger partial charge in [0.15, 0.2) is 11.5 Å². The molecule has 0 aromatic carbocycles. The Morgan fingerprint density at radius 1 is 1.00 bits per heavy atom. The highest BCUT2D eigenvalue weighted by Gasteiger charge is 2.37. The fourth-order valence-electron chi connectivity index (χ4n) is 3.64. The number of hydrogen-bond acceptors (Lipinski definition) is 5. The number of fused-ring (bicyclic) bond motifs is 1. The topological polar surface area (TPSA) is 59.2 Å². The van der Waals surface area contributed by atoms with Crippen LogP contribution >= 0.6 is 0 Å². The minimum Gasteiger partial charge on any atom is -0.355 e. The third kappa shape index (κ3) is 1.86. The van der Waals surface area contributed by atoms with Gasteiger partial charge in [0.2, 0.25) is 0 Å². The fraction of sp³-hybridized carbons (Fsp3) is 0.692. The molecule has 19 heavy (non-hydrogen) atoms. The van der Waals surface area contributed by atoms with Crippen LogP contribution in [-0.4, -0.2) is 38.3 Å². The van der Waals surface area contributed by atoms with Crippen LogP contribution in [0.5, 0.6) is 0 Å². The van der Waals surface area contributed by atoms with E-state index in [0.717, 1.165) is 18.9 Å². The van der Waals surface area contributed by atoms with Crippen molar-refractivity contribution in [1.29, 1.82) is 0 Å². The summed E-state index contributed by atoms with van der Waals surface area (Å²) in [5.74, 6) is 0.993. The Morgan fingerprint density at radius 3 is 2.58 bits per heavy atom. The maximum atomic E-state index is 4.48. The number of piperidine rings is 1. The molecule has 100 valence electrons. The second-order valence-corrected chi connectivity index (χ2v) is 5.91. The first-order chi connectivity index (χ1) is 9.35. The molecule has 0 amide bonds. The Bertz CT molecular complexity index is 576. The van der Waals surface area contributed by atoms with Crippen LogP contribution in [0, 0.1) is 5.41 Å². The monoisotopic (exact) mass is 258 g/mol.